The SMILES string of the molecule is CCCCCCC1C(=O)OC(C(C)C(O)CCCN=C(N)N)C(C)/C=C(\C)CCCCC(O)CC(O)CC(O)CC(O)CC(O)C(O)/C=C(\C)C(O)CCCC(O)CCCC(O)CCC(C)C1O. The summed E-state index contributed by atoms with van der Waals surface area (Å²) in [5.41, 5.74) is 12.5. The number of aliphatic hydroxyl groups excluding tert-OH is 11. The van der Waals surface area contributed by atoms with Crippen molar-refractivity contribution in [1.82, 2.24) is 0 Å². The van der Waals surface area contributed by atoms with Crippen molar-refractivity contribution in [1.29, 1.82) is 0 Å². The lowest BCUT2D eigenvalue weighted by atomic mass is 9.83. The number of ether oxygens (including phenoxy) is 1. The number of rotatable bonds is 11. The minimum atomic E-state index is -1.38. The van der Waals surface area contributed by atoms with Crippen LogP contribution >= 0.6 is 0 Å². The second kappa shape index (κ2) is 35.8. The lowest BCUT2D eigenvalue weighted by Gasteiger charge is -2.34. The molecular weight excluding hydrogens is 875 g/mol. The number of nitrogens with zero attached hydrogens (tertiary/aromatic N) is 1. The number of hydrogen-bond donors (Lipinski definition) is 13. The van der Waals surface area contributed by atoms with Gasteiger partial charge in [0.05, 0.1) is 73.1 Å². The van der Waals surface area contributed by atoms with Crippen molar-refractivity contribution < 1.29 is 65.7 Å². The van der Waals surface area contributed by atoms with E-state index in [1.807, 2.05) is 33.8 Å². The fraction of sp³-hybridized carbons (Fsp3) is 0.885. The van der Waals surface area contributed by atoms with Gasteiger partial charge in [-0.15, -0.1) is 0 Å². The van der Waals surface area contributed by atoms with Crippen molar-refractivity contribution in [2.24, 2.45) is 40.1 Å². The molecule has 0 fully saturated rings. The van der Waals surface area contributed by atoms with E-state index in [0.717, 1.165) is 37.7 Å². The Bertz CT molecular complexity index is 1420. The number of aliphatic imine (C=N–C) groups is 1. The summed E-state index contributed by atoms with van der Waals surface area (Å²) < 4.78 is 6.38. The zero-order chi connectivity index (χ0) is 51.3. The molecule has 0 aromatic rings. The number of hydrogen-bond acceptors (Lipinski definition) is 14. The highest BCUT2D eigenvalue weighted by atomic mass is 16.5. The third-order valence-corrected chi connectivity index (χ3v) is 14.0. The Morgan fingerprint density at radius 2 is 1.28 bits per heavy atom. The molecule has 0 saturated heterocycles. The van der Waals surface area contributed by atoms with E-state index in [9.17, 15) is 61.0 Å². The van der Waals surface area contributed by atoms with E-state index in [1.54, 1.807) is 6.92 Å². The molecule has 0 saturated carbocycles. The standard InChI is InChI=1S/C52H99N3O13/c1-7-8-9-10-21-44-49(66)34(3)24-25-39(57)19-13-18-38(56)20-14-22-45(62)35(4)28-47(64)48(65)32-43(61)31-42(60)30-41(59)29-40(58)17-12-11-16-33(2)27-36(5)50(68-51(44)67)37(6)46(63)23-15-26-55-52(53)54/h27-28,34,36-50,56-66H,7-26,29-32H2,1-6H3,(H4,53,54,55)/b33-27+,35-28+. The number of carbonyl (C=O) groups is 1. The summed E-state index contributed by atoms with van der Waals surface area (Å²) >= 11 is 0. The maximum absolute atomic E-state index is 14.3. The number of guanidine groups is 1. The fourth-order valence-electron chi connectivity index (χ4n) is 9.47. The predicted molar refractivity (Wildman–Crippen MR) is 267 cm³/mol. The van der Waals surface area contributed by atoms with Crippen molar-refractivity contribution >= 4 is 11.9 Å². The van der Waals surface area contributed by atoms with Crippen LogP contribution in [0.3, 0.4) is 0 Å². The number of esters is 1. The minimum Gasteiger partial charge on any atom is -0.461 e. The summed E-state index contributed by atoms with van der Waals surface area (Å²) in [6.45, 7) is 11.7. The normalized spacial score (nSPS) is 35.9. The number of aliphatic hydroxyl groups is 11. The molecular formula is C52H99N3O13. The number of nitrogens with two attached hydrogens (primary N) is 2. The molecule has 1 heterocycles. The Labute approximate surface area is 409 Å². The van der Waals surface area contributed by atoms with E-state index in [1.165, 1.54) is 6.08 Å². The van der Waals surface area contributed by atoms with Gasteiger partial charge in [-0.3, -0.25) is 9.79 Å². The molecule has 16 nitrogen and oxygen atoms in total. The molecule has 16 atom stereocenters. The van der Waals surface area contributed by atoms with Gasteiger partial charge in [-0.2, -0.15) is 0 Å². The van der Waals surface area contributed by atoms with Gasteiger partial charge in [0.1, 0.15) is 6.10 Å². The third kappa shape index (κ3) is 28.0. The Kier molecular flexibility index (Phi) is 33.6. The maximum Gasteiger partial charge on any atom is 0.311 e. The van der Waals surface area contributed by atoms with E-state index in [2.05, 4.69) is 11.9 Å². The molecule has 15 N–H and O–H groups in total. The molecule has 1 aliphatic rings. The zero-order valence-corrected chi connectivity index (χ0v) is 42.7. The van der Waals surface area contributed by atoms with E-state index < -0.39 is 91.1 Å². The molecule has 0 aliphatic carbocycles. The summed E-state index contributed by atoms with van der Waals surface area (Å²) in [7, 11) is 0. The lowest BCUT2D eigenvalue weighted by Crippen LogP contribution is -2.42. The third-order valence-electron chi connectivity index (χ3n) is 14.0. The first-order valence-electron chi connectivity index (χ1n) is 26.2. The molecule has 68 heavy (non-hydrogen) atoms. The Morgan fingerprint density at radius 1 is 0.706 bits per heavy atom. The highest BCUT2D eigenvalue weighted by molar-refractivity contribution is 5.75. The van der Waals surface area contributed by atoms with Gasteiger partial charge < -0.3 is 72.4 Å². The minimum absolute atomic E-state index is 0.0277. The first-order chi connectivity index (χ1) is 32.0. The van der Waals surface area contributed by atoms with Crippen LogP contribution in [-0.2, 0) is 9.53 Å². The second-order valence-electron chi connectivity index (χ2n) is 20.6. The Morgan fingerprint density at radius 3 is 1.90 bits per heavy atom. The van der Waals surface area contributed by atoms with Crippen LogP contribution in [0.1, 0.15) is 189 Å². The summed E-state index contributed by atoms with van der Waals surface area (Å²) in [5.74, 6) is -2.49. The molecule has 0 radical (unpaired) electrons. The van der Waals surface area contributed by atoms with Gasteiger partial charge in [0.2, 0.25) is 0 Å². The number of allylic oxidation sites excluding steroid dienone is 1. The highest BCUT2D eigenvalue weighted by Gasteiger charge is 2.37. The average Bonchev–Trinajstić information content (AvgIpc) is 3.26. The van der Waals surface area contributed by atoms with Gasteiger partial charge in [-0.1, -0.05) is 77.5 Å². The first kappa shape index (κ1) is 63.8. The zero-order valence-electron chi connectivity index (χ0n) is 42.7. The van der Waals surface area contributed by atoms with Crippen molar-refractivity contribution in [3.63, 3.8) is 0 Å². The molecule has 16 unspecified atom stereocenters. The van der Waals surface area contributed by atoms with E-state index >= 15 is 0 Å². The van der Waals surface area contributed by atoms with Crippen LogP contribution in [0.25, 0.3) is 0 Å². The quantitative estimate of drug-likeness (QED) is 0.0444. The van der Waals surface area contributed by atoms with Crippen molar-refractivity contribution in [3.8, 4) is 0 Å². The van der Waals surface area contributed by atoms with Crippen LogP contribution in [0.15, 0.2) is 28.3 Å². The summed E-state index contributed by atoms with van der Waals surface area (Å²) in [4.78, 5) is 18.3. The van der Waals surface area contributed by atoms with Gasteiger partial charge in [0.15, 0.2) is 5.96 Å². The summed E-state index contributed by atoms with van der Waals surface area (Å²) in [6, 6.07) is 0. The number of cyclic esters (lactones) is 1. The molecule has 1 aliphatic heterocycles. The molecule has 1 rings (SSSR count). The van der Waals surface area contributed by atoms with Gasteiger partial charge in [-0.25, -0.2) is 0 Å². The highest BCUT2D eigenvalue weighted by Crippen LogP contribution is 2.31. The van der Waals surface area contributed by atoms with Crippen molar-refractivity contribution in [3.05, 3.63) is 23.3 Å². The van der Waals surface area contributed by atoms with E-state index in [4.69, 9.17) is 16.2 Å². The molecule has 0 aromatic heterocycles. The number of carbonyl (C=O) groups excluding carboxylic acids is 1. The Balaban J connectivity index is 3.33. The van der Waals surface area contributed by atoms with Gasteiger partial charge >= 0.3 is 5.97 Å². The molecule has 0 amide bonds. The van der Waals surface area contributed by atoms with Crippen LogP contribution in [0.2, 0.25) is 0 Å². The monoisotopic (exact) mass is 974 g/mol. The van der Waals surface area contributed by atoms with Gasteiger partial charge in [0.25, 0.3) is 0 Å². The van der Waals surface area contributed by atoms with Gasteiger partial charge in [0, 0.05) is 24.8 Å². The maximum atomic E-state index is 14.3. The Hall–Kier alpha value is -2.22. The molecule has 0 aromatic carbocycles. The average molecular weight is 974 g/mol. The first-order valence-corrected chi connectivity index (χ1v) is 26.2. The van der Waals surface area contributed by atoms with Crippen LogP contribution in [0.4, 0.5) is 0 Å². The van der Waals surface area contributed by atoms with Crippen LogP contribution in [0, 0.1) is 23.7 Å². The topological polar surface area (TPSA) is 313 Å². The lowest BCUT2D eigenvalue weighted by molar-refractivity contribution is -0.167. The van der Waals surface area contributed by atoms with Gasteiger partial charge in [-0.05, 0) is 134 Å². The van der Waals surface area contributed by atoms with Crippen LogP contribution in [0.5, 0.6) is 0 Å². The molecule has 0 spiro atoms. The smallest absolute Gasteiger partial charge is 0.311 e. The van der Waals surface area contributed by atoms with Crippen molar-refractivity contribution in [2.75, 3.05) is 6.54 Å². The van der Waals surface area contributed by atoms with E-state index in [-0.39, 0.29) is 43.5 Å². The molecule has 16 heteroatoms. The summed E-state index contributed by atoms with van der Waals surface area (Å²) in [6.07, 6.45) is 2.10. The van der Waals surface area contributed by atoms with E-state index in [0.29, 0.717) is 102 Å². The predicted octanol–water partition coefficient (Wildman–Crippen LogP) is 4.56. The fourth-order valence-corrected chi connectivity index (χ4v) is 9.47. The van der Waals surface area contributed by atoms with Crippen LogP contribution < -0.4 is 11.5 Å². The molecule has 0 bridgehead atoms. The van der Waals surface area contributed by atoms with Crippen molar-refractivity contribution in [2.45, 2.75) is 262 Å². The second-order valence-corrected chi connectivity index (χ2v) is 20.6. The number of unbranched alkanes of at least 4 members (excludes halogenated alkanes) is 3. The summed E-state index contributed by atoms with van der Waals surface area (Å²) in [5, 5.41) is 119. The molecule has 400 valence electrons. The van der Waals surface area contributed by atoms with Crippen LogP contribution in [-0.4, -0.2) is 148 Å². The largest absolute Gasteiger partial charge is 0.461 e.